The zero-order valence-corrected chi connectivity index (χ0v) is 18.7. The van der Waals surface area contributed by atoms with E-state index in [0.717, 1.165) is 51.9 Å². The number of carbonyl (C=O) groups excluding carboxylic acids is 1. The van der Waals surface area contributed by atoms with Crippen molar-refractivity contribution in [1.82, 2.24) is 10.3 Å². The van der Waals surface area contributed by atoms with Crippen molar-refractivity contribution in [2.75, 3.05) is 0 Å². The number of nitrogens with one attached hydrogen (secondary N) is 1. The topological polar surface area (TPSA) is 86.9 Å². The van der Waals surface area contributed by atoms with Gasteiger partial charge in [0, 0.05) is 41.2 Å². The first-order valence-corrected chi connectivity index (χ1v) is 11.2. The highest BCUT2D eigenvalue weighted by atomic mass is 16.3. The quantitative estimate of drug-likeness (QED) is 0.732. The molecule has 6 heteroatoms. The minimum Gasteiger partial charge on any atom is -0.392 e. The zero-order chi connectivity index (χ0) is 22.5. The molecular weight excluding hydrogens is 400 g/mol. The van der Waals surface area contributed by atoms with Crippen LogP contribution in [-0.4, -0.2) is 22.0 Å². The van der Waals surface area contributed by atoms with Gasteiger partial charge < -0.3 is 10.4 Å². The smallest absolute Gasteiger partial charge is 0.164 e. The van der Waals surface area contributed by atoms with E-state index in [4.69, 9.17) is 0 Å². The Morgan fingerprint density at radius 3 is 2.84 bits per heavy atom. The number of ketones is 1. The van der Waals surface area contributed by atoms with Crippen LogP contribution in [0.25, 0.3) is 11.1 Å². The molecular formula is C26H28N4O2. The molecule has 6 nitrogen and oxygen atoms in total. The van der Waals surface area contributed by atoms with Gasteiger partial charge in [0.1, 0.15) is 0 Å². The molecule has 0 spiro atoms. The average molecular weight is 429 g/mol. The highest BCUT2D eigenvalue weighted by molar-refractivity contribution is 6.01. The molecule has 2 aliphatic heterocycles. The summed E-state index contributed by atoms with van der Waals surface area (Å²) in [4.78, 5) is 17.8. The lowest BCUT2D eigenvalue weighted by molar-refractivity contribution is -0.119. The van der Waals surface area contributed by atoms with Crippen molar-refractivity contribution in [1.29, 1.82) is 0 Å². The molecule has 1 aromatic carbocycles. The lowest BCUT2D eigenvalue weighted by Gasteiger charge is -2.47. The summed E-state index contributed by atoms with van der Waals surface area (Å²) in [5.74, 6) is 0.196. The van der Waals surface area contributed by atoms with Crippen LogP contribution in [0, 0.1) is 5.41 Å². The summed E-state index contributed by atoms with van der Waals surface area (Å²) in [5.41, 5.74) is 6.00. The lowest BCUT2D eigenvalue weighted by atomic mass is 9.58. The monoisotopic (exact) mass is 428 g/mol. The maximum absolute atomic E-state index is 13.6. The Morgan fingerprint density at radius 1 is 1.22 bits per heavy atom. The second kappa shape index (κ2) is 7.48. The van der Waals surface area contributed by atoms with Crippen molar-refractivity contribution < 1.29 is 9.90 Å². The number of rotatable bonds is 4. The summed E-state index contributed by atoms with van der Waals surface area (Å²) in [6, 6.07) is 10.2. The molecule has 2 atom stereocenters. The first kappa shape index (κ1) is 20.8. The number of Topliss-reactive ketones (excluding diaryl/α,β-unsaturated/α-hetero) is 1. The molecule has 3 aliphatic rings. The van der Waals surface area contributed by atoms with Gasteiger partial charge in [0.05, 0.1) is 18.2 Å². The molecule has 0 saturated heterocycles. The van der Waals surface area contributed by atoms with Gasteiger partial charge in [0.2, 0.25) is 0 Å². The van der Waals surface area contributed by atoms with E-state index in [0.29, 0.717) is 6.42 Å². The molecule has 3 heterocycles. The van der Waals surface area contributed by atoms with E-state index >= 15 is 0 Å². The molecule has 32 heavy (non-hydrogen) atoms. The van der Waals surface area contributed by atoms with Crippen LogP contribution in [0.5, 0.6) is 0 Å². The second-order valence-corrected chi connectivity index (χ2v) is 9.69. The fourth-order valence-corrected chi connectivity index (χ4v) is 5.68. The fraction of sp³-hybridized carbons (Fsp3) is 0.385. The van der Waals surface area contributed by atoms with Gasteiger partial charge in [-0.15, -0.1) is 0 Å². The van der Waals surface area contributed by atoms with Crippen LogP contribution in [-0.2, 0) is 16.8 Å². The van der Waals surface area contributed by atoms with Gasteiger partial charge in [0.25, 0.3) is 0 Å². The van der Waals surface area contributed by atoms with E-state index in [-0.39, 0.29) is 24.0 Å². The van der Waals surface area contributed by atoms with E-state index in [1.165, 1.54) is 0 Å². The predicted molar refractivity (Wildman–Crippen MR) is 122 cm³/mol. The molecule has 1 unspecified atom stereocenters. The van der Waals surface area contributed by atoms with Gasteiger partial charge in [-0.3, -0.25) is 9.78 Å². The van der Waals surface area contributed by atoms with Gasteiger partial charge in [-0.2, -0.15) is 10.2 Å². The second-order valence-electron chi connectivity index (χ2n) is 9.69. The molecule has 0 saturated carbocycles. The number of aliphatic hydroxyl groups is 1. The number of hydrogen-bond donors (Lipinski definition) is 2. The predicted octanol–water partition coefficient (Wildman–Crippen LogP) is 4.81. The Hall–Kier alpha value is -3.12. The summed E-state index contributed by atoms with van der Waals surface area (Å²) in [5, 5.41) is 22.0. The Morgan fingerprint density at radius 2 is 2.06 bits per heavy atom. The molecule has 2 aromatic rings. The highest BCUT2D eigenvalue weighted by Gasteiger charge is 2.52. The van der Waals surface area contributed by atoms with Gasteiger partial charge in [-0.1, -0.05) is 39.0 Å². The summed E-state index contributed by atoms with van der Waals surface area (Å²) in [7, 11) is 0. The van der Waals surface area contributed by atoms with Crippen LogP contribution < -0.4 is 5.32 Å². The Kier molecular flexibility index (Phi) is 4.86. The number of aliphatic hydroxyl groups excluding tert-OH is 1. The third-order valence-corrected chi connectivity index (χ3v) is 7.05. The third-order valence-electron chi connectivity index (χ3n) is 7.05. The molecule has 2 N–H and O–H groups in total. The van der Waals surface area contributed by atoms with Crippen molar-refractivity contribution in [3.8, 4) is 11.1 Å². The standard InChI is InChI=1S/C26H28N4O2/c1-4-26(18-7-5-6-16(10-18)19-8-9-27-13-17(19)15-31)20-14-28-30-24(20)29-21-11-25(2,3)12-22(32)23(21)26/h5-10,13-14,24,29,31H,4,11-12,15H2,1-3H3/t24?,26-/m1/s1. The van der Waals surface area contributed by atoms with E-state index < -0.39 is 5.41 Å². The number of allylic oxidation sites excluding steroid dienone is 2. The van der Waals surface area contributed by atoms with Crippen LogP contribution in [0.15, 0.2) is 76.0 Å². The van der Waals surface area contributed by atoms with E-state index in [9.17, 15) is 9.90 Å². The summed E-state index contributed by atoms with van der Waals surface area (Å²) in [6.45, 7) is 6.35. The molecule has 5 rings (SSSR count). The van der Waals surface area contributed by atoms with Crippen molar-refractivity contribution in [2.24, 2.45) is 15.6 Å². The van der Waals surface area contributed by atoms with Crippen LogP contribution in [0.1, 0.15) is 51.2 Å². The minimum absolute atomic E-state index is 0.0793. The SMILES string of the molecule is CC[C@@]1(c2cccc(-c3ccncc3CO)c2)C2=CN=NC2NC2=C1C(=O)CC(C)(C)C2. The van der Waals surface area contributed by atoms with Crippen LogP contribution in [0.3, 0.4) is 0 Å². The minimum atomic E-state index is -0.579. The molecule has 0 fully saturated rings. The number of hydrogen-bond acceptors (Lipinski definition) is 6. The first-order valence-electron chi connectivity index (χ1n) is 11.2. The number of pyridine rings is 1. The molecule has 0 bridgehead atoms. The van der Waals surface area contributed by atoms with E-state index in [1.54, 1.807) is 12.4 Å². The fourth-order valence-electron chi connectivity index (χ4n) is 5.68. The molecule has 0 radical (unpaired) electrons. The van der Waals surface area contributed by atoms with E-state index in [2.05, 4.69) is 53.4 Å². The summed E-state index contributed by atoms with van der Waals surface area (Å²) in [6.07, 6.45) is 7.10. The number of azo groups is 1. The molecule has 1 aromatic heterocycles. The van der Waals surface area contributed by atoms with Crippen molar-refractivity contribution in [2.45, 2.75) is 58.2 Å². The maximum Gasteiger partial charge on any atom is 0.164 e. The Labute approximate surface area is 188 Å². The normalized spacial score (nSPS) is 25.8. The lowest BCUT2D eigenvalue weighted by Crippen LogP contribution is -2.51. The van der Waals surface area contributed by atoms with Gasteiger partial charge in [-0.05, 0) is 47.1 Å². The average Bonchev–Trinajstić information content (AvgIpc) is 3.25. The Balaban J connectivity index is 1.74. The van der Waals surface area contributed by atoms with Crippen molar-refractivity contribution >= 4 is 5.78 Å². The first-order chi connectivity index (χ1) is 15.4. The van der Waals surface area contributed by atoms with Crippen LogP contribution in [0.2, 0.25) is 0 Å². The molecule has 164 valence electrons. The number of nitrogens with zero attached hydrogens (tertiary/aromatic N) is 3. The van der Waals surface area contributed by atoms with Crippen molar-refractivity contribution in [3.05, 3.63) is 76.9 Å². The molecule has 0 amide bonds. The largest absolute Gasteiger partial charge is 0.392 e. The van der Waals surface area contributed by atoms with E-state index in [1.807, 2.05) is 24.4 Å². The van der Waals surface area contributed by atoms with Gasteiger partial charge in [-0.25, -0.2) is 0 Å². The third kappa shape index (κ3) is 3.05. The zero-order valence-electron chi connectivity index (χ0n) is 18.7. The van der Waals surface area contributed by atoms with Crippen LogP contribution in [0.4, 0.5) is 0 Å². The molecule has 1 aliphatic carbocycles. The van der Waals surface area contributed by atoms with Gasteiger partial charge >= 0.3 is 0 Å². The Bertz CT molecular complexity index is 1190. The van der Waals surface area contributed by atoms with Crippen molar-refractivity contribution in [3.63, 3.8) is 0 Å². The number of aromatic nitrogens is 1. The highest BCUT2D eigenvalue weighted by Crippen LogP contribution is 2.54. The number of fused-ring (bicyclic) bond motifs is 1. The number of carbonyl (C=O) groups is 1. The maximum atomic E-state index is 13.6. The number of benzene rings is 1. The summed E-state index contributed by atoms with van der Waals surface area (Å²) < 4.78 is 0. The van der Waals surface area contributed by atoms with Crippen LogP contribution >= 0.6 is 0 Å². The van der Waals surface area contributed by atoms with Gasteiger partial charge in [0.15, 0.2) is 11.9 Å². The summed E-state index contributed by atoms with van der Waals surface area (Å²) >= 11 is 0.